The van der Waals surface area contributed by atoms with Gasteiger partial charge in [-0.25, -0.2) is 0 Å². The number of carbonyl (C=O) groups is 1. The van der Waals surface area contributed by atoms with Crippen LogP contribution in [0.4, 0.5) is 0 Å². The van der Waals surface area contributed by atoms with Gasteiger partial charge in [0, 0.05) is 12.6 Å². The molecule has 0 aliphatic carbocycles. The summed E-state index contributed by atoms with van der Waals surface area (Å²) in [6, 6.07) is 0.344. The van der Waals surface area contributed by atoms with Crippen molar-refractivity contribution in [2.45, 2.75) is 64.5 Å². The van der Waals surface area contributed by atoms with Crippen molar-refractivity contribution in [2.24, 2.45) is 0 Å². The average molecular weight is 270 g/mol. The molecule has 19 heavy (non-hydrogen) atoms. The second kappa shape index (κ2) is 7.85. The van der Waals surface area contributed by atoms with Crippen LogP contribution in [-0.2, 0) is 9.53 Å². The van der Waals surface area contributed by atoms with Crippen LogP contribution in [0.1, 0.15) is 52.9 Å². The van der Waals surface area contributed by atoms with Gasteiger partial charge in [-0.1, -0.05) is 13.8 Å². The lowest BCUT2D eigenvalue weighted by Crippen LogP contribution is -2.56. The minimum atomic E-state index is -0.479. The van der Waals surface area contributed by atoms with E-state index in [9.17, 15) is 4.79 Å². The summed E-state index contributed by atoms with van der Waals surface area (Å²) in [5.41, 5.74) is -0.479. The van der Waals surface area contributed by atoms with E-state index in [1.165, 1.54) is 13.5 Å². The van der Waals surface area contributed by atoms with Crippen LogP contribution in [0.25, 0.3) is 0 Å². The van der Waals surface area contributed by atoms with Crippen molar-refractivity contribution in [3.63, 3.8) is 0 Å². The summed E-state index contributed by atoms with van der Waals surface area (Å²) < 4.78 is 5.07. The molecule has 4 nitrogen and oxygen atoms in total. The molecule has 4 heteroatoms. The summed E-state index contributed by atoms with van der Waals surface area (Å²) in [7, 11) is 1.50. The Morgan fingerprint density at radius 2 is 2.11 bits per heavy atom. The van der Waals surface area contributed by atoms with E-state index in [1.54, 1.807) is 0 Å². The third-order valence-corrected chi connectivity index (χ3v) is 4.18. The normalized spacial score (nSPS) is 26.7. The van der Waals surface area contributed by atoms with Gasteiger partial charge in [-0.05, 0) is 52.1 Å². The van der Waals surface area contributed by atoms with Crippen molar-refractivity contribution >= 4 is 5.97 Å². The number of likely N-dealkylation sites (tertiary alicyclic amines) is 1. The Morgan fingerprint density at radius 3 is 2.68 bits per heavy atom. The SMILES string of the molecule is CCCN1CCCC(NC(C)CC)(C(=O)OC)CC1. The molecule has 1 saturated heterocycles. The first-order chi connectivity index (χ1) is 9.07. The molecule has 112 valence electrons. The molecule has 1 aliphatic heterocycles. The van der Waals surface area contributed by atoms with Crippen LogP contribution in [0.15, 0.2) is 0 Å². The second-order valence-corrected chi connectivity index (χ2v) is 5.72. The molecule has 1 aliphatic rings. The minimum Gasteiger partial charge on any atom is -0.468 e. The first-order valence-electron chi connectivity index (χ1n) is 7.66. The lowest BCUT2D eigenvalue weighted by molar-refractivity contribution is -0.149. The number of hydrogen-bond acceptors (Lipinski definition) is 4. The van der Waals surface area contributed by atoms with Gasteiger partial charge in [0.05, 0.1) is 7.11 Å². The van der Waals surface area contributed by atoms with E-state index in [4.69, 9.17) is 4.74 Å². The fourth-order valence-electron chi connectivity index (χ4n) is 2.91. The van der Waals surface area contributed by atoms with Crippen LogP contribution in [0.5, 0.6) is 0 Å². The molecule has 1 N–H and O–H groups in total. The summed E-state index contributed by atoms with van der Waals surface area (Å²) in [5.74, 6) is -0.0915. The monoisotopic (exact) mass is 270 g/mol. The number of nitrogens with zero attached hydrogens (tertiary/aromatic N) is 1. The van der Waals surface area contributed by atoms with Gasteiger partial charge in [0.15, 0.2) is 0 Å². The van der Waals surface area contributed by atoms with E-state index < -0.39 is 5.54 Å². The highest BCUT2D eigenvalue weighted by molar-refractivity contribution is 5.80. The maximum atomic E-state index is 12.3. The maximum absolute atomic E-state index is 12.3. The van der Waals surface area contributed by atoms with Gasteiger partial charge in [-0.3, -0.25) is 10.1 Å². The molecule has 1 fully saturated rings. The molecule has 1 heterocycles. The van der Waals surface area contributed by atoms with Crippen LogP contribution in [0, 0.1) is 0 Å². The lowest BCUT2D eigenvalue weighted by Gasteiger charge is -2.34. The number of methoxy groups -OCH3 is 1. The molecule has 0 spiro atoms. The zero-order valence-electron chi connectivity index (χ0n) is 13.0. The standard InChI is InChI=1S/C15H30N2O2/c1-5-10-17-11-7-8-15(9-12-17,14(18)19-4)16-13(3)6-2/h13,16H,5-12H2,1-4H3. The fourth-order valence-corrected chi connectivity index (χ4v) is 2.91. The molecule has 1 rings (SSSR count). The molecular weight excluding hydrogens is 240 g/mol. The van der Waals surface area contributed by atoms with E-state index in [0.29, 0.717) is 6.04 Å². The van der Waals surface area contributed by atoms with Gasteiger partial charge in [-0.2, -0.15) is 0 Å². The summed E-state index contributed by atoms with van der Waals surface area (Å²) >= 11 is 0. The van der Waals surface area contributed by atoms with Gasteiger partial charge in [0.1, 0.15) is 5.54 Å². The Labute approximate surface area is 117 Å². The zero-order valence-corrected chi connectivity index (χ0v) is 13.0. The van der Waals surface area contributed by atoms with E-state index >= 15 is 0 Å². The van der Waals surface area contributed by atoms with E-state index in [-0.39, 0.29) is 5.97 Å². The molecule has 0 bridgehead atoms. The summed E-state index contributed by atoms with van der Waals surface area (Å²) in [6.07, 6.45) is 4.98. The summed E-state index contributed by atoms with van der Waals surface area (Å²) in [5, 5.41) is 3.53. The van der Waals surface area contributed by atoms with Crippen molar-refractivity contribution in [1.82, 2.24) is 10.2 Å². The van der Waals surface area contributed by atoms with Crippen LogP contribution >= 0.6 is 0 Å². The van der Waals surface area contributed by atoms with Crippen molar-refractivity contribution in [1.29, 1.82) is 0 Å². The number of carbonyl (C=O) groups excluding carboxylic acids is 1. The van der Waals surface area contributed by atoms with Gasteiger partial charge >= 0.3 is 5.97 Å². The minimum absolute atomic E-state index is 0.0915. The second-order valence-electron chi connectivity index (χ2n) is 5.72. The Hall–Kier alpha value is -0.610. The predicted octanol–water partition coefficient (Wildman–Crippen LogP) is 2.18. The van der Waals surface area contributed by atoms with Crippen LogP contribution in [0.2, 0.25) is 0 Å². The molecule has 0 amide bonds. The molecule has 0 radical (unpaired) electrons. The van der Waals surface area contributed by atoms with Crippen molar-refractivity contribution < 1.29 is 9.53 Å². The third-order valence-electron chi connectivity index (χ3n) is 4.18. The quantitative estimate of drug-likeness (QED) is 0.751. The van der Waals surface area contributed by atoms with Gasteiger partial charge < -0.3 is 9.64 Å². The fraction of sp³-hybridized carbons (Fsp3) is 0.933. The number of ether oxygens (including phenoxy) is 1. The molecule has 0 aromatic carbocycles. The largest absolute Gasteiger partial charge is 0.468 e. The van der Waals surface area contributed by atoms with E-state index in [2.05, 4.69) is 31.0 Å². The predicted molar refractivity (Wildman–Crippen MR) is 78.2 cm³/mol. The average Bonchev–Trinajstić information content (AvgIpc) is 2.62. The van der Waals surface area contributed by atoms with Crippen molar-refractivity contribution in [3.05, 3.63) is 0 Å². The smallest absolute Gasteiger partial charge is 0.326 e. The highest BCUT2D eigenvalue weighted by Crippen LogP contribution is 2.25. The number of nitrogens with one attached hydrogen (secondary N) is 1. The molecule has 2 unspecified atom stereocenters. The number of rotatable bonds is 6. The van der Waals surface area contributed by atoms with Gasteiger partial charge in [-0.15, -0.1) is 0 Å². The molecule has 0 aromatic heterocycles. The van der Waals surface area contributed by atoms with Gasteiger partial charge in [0.2, 0.25) is 0 Å². The van der Waals surface area contributed by atoms with Crippen LogP contribution in [-0.4, -0.2) is 49.2 Å². The van der Waals surface area contributed by atoms with Gasteiger partial charge in [0.25, 0.3) is 0 Å². The maximum Gasteiger partial charge on any atom is 0.326 e. The Kier molecular flexibility index (Phi) is 6.80. The molecular formula is C15H30N2O2. The highest BCUT2D eigenvalue weighted by Gasteiger charge is 2.41. The van der Waals surface area contributed by atoms with Crippen molar-refractivity contribution in [2.75, 3.05) is 26.7 Å². The number of hydrogen-bond donors (Lipinski definition) is 1. The Bertz CT molecular complexity index is 283. The topological polar surface area (TPSA) is 41.6 Å². The van der Waals surface area contributed by atoms with Crippen LogP contribution in [0.3, 0.4) is 0 Å². The van der Waals surface area contributed by atoms with E-state index in [0.717, 1.165) is 45.3 Å². The van der Waals surface area contributed by atoms with Crippen molar-refractivity contribution in [3.8, 4) is 0 Å². The summed E-state index contributed by atoms with van der Waals surface area (Å²) in [6.45, 7) is 9.68. The molecule has 2 atom stereocenters. The zero-order chi connectivity index (χ0) is 14.3. The van der Waals surface area contributed by atoms with E-state index in [1.807, 2.05) is 0 Å². The molecule has 0 saturated carbocycles. The first kappa shape index (κ1) is 16.4. The number of esters is 1. The Morgan fingerprint density at radius 1 is 1.37 bits per heavy atom. The summed E-state index contributed by atoms with van der Waals surface area (Å²) in [4.78, 5) is 14.7. The van der Waals surface area contributed by atoms with Crippen LogP contribution < -0.4 is 5.32 Å². The lowest BCUT2D eigenvalue weighted by atomic mass is 9.89. The Balaban J connectivity index is 2.76. The first-order valence-corrected chi connectivity index (χ1v) is 7.66. The third kappa shape index (κ3) is 4.46. The molecule has 0 aromatic rings. The highest BCUT2D eigenvalue weighted by atomic mass is 16.5.